The Hall–Kier alpha value is -0.950. The van der Waals surface area contributed by atoms with Gasteiger partial charge in [0, 0.05) is 18.3 Å². The molecule has 0 heterocycles. The maximum atomic E-state index is 12.7. The van der Waals surface area contributed by atoms with Gasteiger partial charge in [-0.1, -0.05) is 36.4 Å². The van der Waals surface area contributed by atoms with Gasteiger partial charge in [0.15, 0.2) is 5.78 Å². The van der Waals surface area contributed by atoms with Crippen LogP contribution in [0.1, 0.15) is 15.9 Å². The highest BCUT2D eigenvalue weighted by Crippen LogP contribution is 2.22. The van der Waals surface area contributed by atoms with Gasteiger partial charge in [0.25, 0.3) is 0 Å². The Kier molecular flexibility index (Phi) is 4.07. The molecule has 0 amide bonds. The van der Waals surface area contributed by atoms with Crippen LogP contribution in [0, 0.1) is 7.14 Å². The monoisotopic (exact) mass is 484 g/mol. The number of carbonyl (C=O) groups is 1. The number of benzene rings is 3. The van der Waals surface area contributed by atoms with E-state index in [0.29, 0.717) is 0 Å². The quantitative estimate of drug-likeness (QED) is 0.358. The number of hydrogen-bond acceptors (Lipinski definition) is 1. The van der Waals surface area contributed by atoms with E-state index < -0.39 is 0 Å². The van der Waals surface area contributed by atoms with Gasteiger partial charge in [-0.25, -0.2) is 0 Å². The Labute approximate surface area is 144 Å². The average Bonchev–Trinajstić information content (AvgIpc) is 2.48. The molecular formula is C17H10I2O. The summed E-state index contributed by atoms with van der Waals surface area (Å²) in [7, 11) is 0. The highest BCUT2D eigenvalue weighted by molar-refractivity contribution is 14.1. The molecule has 0 aliphatic heterocycles. The fourth-order valence-electron chi connectivity index (χ4n) is 2.16. The van der Waals surface area contributed by atoms with E-state index in [9.17, 15) is 4.79 Å². The van der Waals surface area contributed by atoms with E-state index in [-0.39, 0.29) is 5.78 Å². The molecule has 0 saturated heterocycles. The van der Waals surface area contributed by atoms with Crippen molar-refractivity contribution >= 4 is 61.7 Å². The zero-order valence-electron chi connectivity index (χ0n) is 10.4. The summed E-state index contributed by atoms with van der Waals surface area (Å²) in [6.45, 7) is 0. The average molecular weight is 484 g/mol. The summed E-state index contributed by atoms with van der Waals surface area (Å²) in [5, 5.41) is 2.25. The highest BCUT2D eigenvalue weighted by atomic mass is 127. The third kappa shape index (κ3) is 2.74. The lowest BCUT2D eigenvalue weighted by Gasteiger charge is -2.06. The molecule has 3 aromatic carbocycles. The van der Waals surface area contributed by atoms with Crippen LogP contribution in [0.15, 0.2) is 60.7 Å². The number of rotatable bonds is 2. The number of ketones is 1. The van der Waals surface area contributed by atoms with Crippen LogP contribution in [-0.2, 0) is 0 Å². The molecule has 0 aliphatic rings. The number of hydrogen-bond donors (Lipinski definition) is 0. The summed E-state index contributed by atoms with van der Waals surface area (Å²) in [4.78, 5) is 12.7. The number of fused-ring (bicyclic) bond motifs is 1. The molecule has 0 N–H and O–H groups in total. The van der Waals surface area contributed by atoms with Gasteiger partial charge in [-0.05, 0) is 80.2 Å². The Morgan fingerprint density at radius 1 is 0.800 bits per heavy atom. The van der Waals surface area contributed by atoms with E-state index in [4.69, 9.17) is 0 Å². The molecule has 0 spiro atoms. The van der Waals surface area contributed by atoms with Gasteiger partial charge in [-0.15, -0.1) is 0 Å². The lowest BCUT2D eigenvalue weighted by atomic mass is 10.00. The Morgan fingerprint density at radius 3 is 2.35 bits per heavy atom. The zero-order valence-corrected chi connectivity index (χ0v) is 14.8. The molecule has 0 aliphatic carbocycles. The van der Waals surface area contributed by atoms with Crippen molar-refractivity contribution in [2.45, 2.75) is 0 Å². The van der Waals surface area contributed by atoms with Gasteiger partial charge in [-0.2, -0.15) is 0 Å². The van der Waals surface area contributed by atoms with Crippen LogP contribution in [0.2, 0.25) is 0 Å². The minimum absolute atomic E-state index is 0.0821. The van der Waals surface area contributed by atoms with E-state index >= 15 is 0 Å². The first-order valence-electron chi connectivity index (χ1n) is 6.14. The van der Waals surface area contributed by atoms with Gasteiger partial charge in [0.05, 0.1) is 0 Å². The second-order valence-electron chi connectivity index (χ2n) is 4.52. The van der Waals surface area contributed by atoms with E-state index in [1.165, 1.54) is 0 Å². The largest absolute Gasteiger partial charge is 0.289 e. The first-order chi connectivity index (χ1) is 9.65. The molecular weight excluding hydrogens is 474 g/mol. The van der Waals surface area contributed by atoms with Crippen molar-refractivity contribution in [3.63, 3.8) is 0 Å². The van der Waals surface area contributed by atoms with E-state index in [1.54, 1.807) is 0 Å². The zero-order chi connectivity index (χ0) is 14.1. The van der Waals surface area contributed by atoms with Gasteiger partial charge in [0.1, 0.15) is 0 Å². The summed E-state index contributed by atoms with van der Waals surface area (Å²) >= 11 is 4.45. The highest BCUT2D eigenvalue weighted by Gasteiger charge is 2.13. The first-order valence-corrected chi connectivity index (χ1v) is 8.29. The van der Waals surface area contributed by atoms with Crippen molar-refractivity contribution in [3.05, 3.63) is 78.9 Å². The normalized spacial score (nSPS) is 10.7. The predicted octanol–water partition coefficient (Wildman–Crippen LogP) is 5.28. The van der Waals surface area contributed by atoms with Crippen LogP contribution >= 0.6 is 45.2 Å². The van der Waals surface area contributed by atoms with Crippen molar-refractivity contribution in [2.24, 2.45) is 0 Å². The van der Waals surface area contributed by atoms with Crippen LogP contribution in [0.5, 0.6) is 0 Å². The molecule has 0 radical (unpaired) electrons. The standard InChI is InChI=1S/C17H10I2O/c18-14-7-8-16(19)15(10-14)17(20)13-6-5-11-3-1-2-4-12(11)9-13/h1-10H. The smallest absolute Gasteiger partial charge is 0.194 e. The number of carbonyl (C=O) groups excluding carboxylic acids is 1. The van der Waals surface area contributed by atoms with Crippen LogP contribution in [0.25, 0.3) is 10.8 Å². The van der Waals surface area contributed by atoms with E-state index in [0.717, 1.165) is 29.0 Å². The number of halogens is 2. The lowest BCUT2D eigenvalue weighted by molar-refractivity contribution is 0.103. The molecule has 3 rings (SSSR count). The first kappa shape index (κ1) is 14.0. The molecule has 1 nitrogen and oxygen atoms in total. The van der Waals surface area contributed by atoms with Crippen molar-refractivity contribution in [2.75, 3.05) is 0 Å². The minimum atomic E-state index is 0.0821. The van der Waals surface area contributed by atoms with Crippen LogP contribution in [0.3, 0.4) is 0 Å². The molecule has 98 valence electrons. The van der Waals surface area contributed by atoms with Crippen molar-refractivity contribution in [3.8, 4) is 0 Å². The summed E-state index contributed by atoms with van der Waals surface area (Å²) in [6, 6.07) is 19.9. The maximum absolute atomic E-state index is 12.7. The van der Waals surface area contributed by atoms with E-state index in [1.807, 2.05) is 54.6 Å². The second kappa shape index (κ2) is 5.81. The van der Waals surface area contributed by atoms with Crippen LogP contribution in [0.4, 0.5) is 0 Å². The maximum Gasteiger partial charge on any atom is 0.194 e. The Bertz CT molecular complexity index is 809. The molecule has 0 unspecified atom stereocenters. The molecule has 0 fully saturated rings. The summed E-state index contributed by atoms with van der Waals surface area (Å²) in [5.74, 6) is 0.0821. The second-order valence-corrected chi connectivity index (χ2v) is 6.92. The third-order valence-corrected chi connectivity index (χ3v) is 4.80. The van der Waals surface area contributed by atoms with Crippen LogP contribution < -0.4 is 0 Å². The van der Waals surface area contributed by atoms with Crippen molar-refractivity contribution in [1.29, 1.82) is 0 Å². The molecule has 0 bridgehead atoms. The lowest BCUT2D eigenvalue weighted by Crippen LogP contribution is -2.04. The fraction of sp³-hybridized carbons (Fsp3) is 0. The van der Waals surface area contributed by atoms with E-state index in [2.05, 4.69) is 51.2 Å². The molecule has 20 heavy (non-hydrogen) atoms. The fourth-order valence-corrected chi connectivity index (χ4v) is 3.23. The molecule has 3 aromatic rings. The van der Waals surface area contributed by atoms with Gasteiger partial charge >= 0.3 is 0 Å². The Balaban J connectivity index is 2.10. The van der Waals surface area contributed by atoms with Gasteiger partial charge in [0.2, 0.25) is 0 Å². The third-order valence-electron chi connectivity index (χ3n) is 3.18. The molecule has 0 saturated carbocycles. The van der Waals surface area contributed by atoms with Gasteiger partial charge < -0.3 is 0 Å². The van der Waals surface area contributed by atoms with Crippen LogP contribution in [-0.4, -0.2) is 5.78 Å². The summed E-state index contributed by atoms with van der Waals surface area (Å²) < 4.78 is 2.06. The molecule has 0 aromatic heterocycles. The van der Waals surface area contributed by atoms with Gasteiger partial charge in [-0.3, -0.25) is 4.79 Å². The molecule has 3 heteroatoms. The topological polar surface area (TPSA) is 17.1 Å². The Morgan fingerprint density at radius 2 is 1.55 bits per heavy atom. The SMILES string of the molecule is O=C(c1ccc2ccccc2c1)c1cc(I)ccc1I. The summed E-state index contributed by atoms with van der Waals surface area (Å²) in [6.07, 6.45) is 0. The molecule has 0 atom stereocenters. The van der Waals surface area contributed by atoms with Crippen molar-refractivity contribution < 1.29 is 4.79 Å². The predicted molar refractivity (Wildman–Crippen MR) is 99.3 cm³/mol. The minimum Gasteiger partial charge on any atom is -0.289 e. The summed E-state index contributed by atoms with van der Waals surface area (Å²) in [5.41, 5.74) is 1.51. The van der Waals surface area contributed by atoms with Crippen molar-refractivity contribution in [1.82, 2.24) is 0 Å².